The maximum atomic E-state index is 13.8. The van der Waals surface area contributed by atoms with Crippen molar-refractivity contribution in [3.05, 3.63) is 76.9 Å². The first-order chi connectivity index (χ1) is 21.9. The van der Waals surface area contributed by atoms with Gasteiger partial charge in [-0.2, -0.15) is 0 Å². The van der Waals surface area contributed by atoms with E-state index in [2.05, 4.69) is 20.5 Å². The Kier molecular flexibility index (Phi) is 10.3. The molecule has 2 aromatic carbocycles. The van der Waals surface area contributed by atoms with Crippen molar-refractivity contribution in [1.29, 1.82) is 0 Å². The van der Waals surface area contributed by atoms with Gasteiger partial charge in [-0.15, -0.1) is 0 Å². The third kappa shape index (κ3) is 8.67. The Morgan fingerprint density at radius 1 is 0.935 bits per heavy atom. The molecule has 2 aliphatic heterocycles. The molecule has 3 amide bonds. The average molecular weight is 650 g/mol. The maximum absolute atomic E-state index is 13.8. The van der Waals surface area contributed by atoms with Gasteiger partial charge in [0.1, 0.15) is 23.3 Å². The summed E-state index contributed by atoms with van der Waals surface area (Å²) in [6, 6.07) is 15.3. The average Bonchev–Trinajstić information content (AvgIpc) is 3.02. The number of hydrogen-bond donors (Lipinski definition) is 3. The van der Waals surface area contributed by atoms with Gasteiger partial charge in [0.2, 0.25) is 0 Å². The predicted molar refractivity (Wildman–Crippen MR) is 177 cm³/mol. The van der Waals surface area contributed by atoms with Crippen LogP contribution in [-0.2, 0) is 4.74 Å². The van der Waals surface area contributed by atoms with E-state index in [0.29, 0.717) is 60.3 Å². The number of piperidine rings is 2. The van der Waals surface area contributed by atoms with Crippen LogP contribution in [-0.4, -0.2) is 76.9 Å². The topological polar surface area (TPSA) is 133 Å². The number of aromatic nitrogens is 1. The summed E-state index contributed by atoms with van der Waals surface area (Å²) < 4.78 is 12.0. The summed E-state index contributed by atoms with van der Waals surface area (Å²) >= 11 is 5.91. The van der Waals surface area contributed by atoms with Crippen LogP contribution in [0.15, 0.2) is 60.8 Å². The first-order valence-corrected chi connectivity index (χ1v) is 15.9. The molecule has 0 unspecified atom stereocenters. The van der Waals surface area contributed by atoms with Crippen molar-refractivity contribution in [1.82, 2.24) is 9.88 Å². The molecule has 12 heteroatoms. The molecule has 244 valence electrons. The summed E-state index contributed by atoms with van der Waals surface area (Å²) in [6.07, 6.45) is 3.14. The smallest absolute Gasteiger partial charge is 0.410 e. The highest BCUT2D eigenvalue weighted by atomic mass is 35.5. The van der Waals surface area contributed by atoms with Crippen LogP contribution in [0.1, 0.15) is 67.2 Å². The number of ether oxygens (including phenoxy) is 2. The van der Waals surface area contributed by atoms with Gasteiger partial charge in [-0.05, 0) is 70.0 Å². The van der Waals surface area contributed by atoms with E-state index in [1.807, 2.05) is 32.9 Å². The summed E-state index contributed by atoms with van der Waals surface area (Å²) in [4.78, 5) is 47.4. The number of halogens is 1. The zero-order valence-corrected chi connectivity index (χ0v) is 27.0. The molecule has 0 bridgehead atoms. The fourth-order valence-corrected chi connectivity index (χ4v) is 5.57. The second kappa shape index (κ2) is 14.4. The van der Waals surface area contributed by atoms with Crippen LogP contribution in [0.5, 0.6) is 5.75 Å². The zero-order valence-electron chi connectivity index (χ0n) is 26.3. The Balaban J connectivity index is 1.34. The molecule has 0 aliphatic carbocycles. The number of pyridine rings is 1. The monoisotopic (exact) mass is 649 g/mol. The van der Waals surface area contributed by atoms with Crippen LogP contribution in [0.25, 0.3) is 0 Å². The van der Waals surface area contributed by atoms with Gasteiger partial charge < -0.3 is 35.0 Å². The number of aliphatic hydroxyl groups excluding tert-OH is 1. The molecule has 0 radical (unpaired) electrons. The number of carbonyl (C=O) groups is 3. The molecule has 0 spiro atoms. The van der Waals surface area contributed by atoms with Gasteiger partial charge >= 0.3 is 6.09 Å². The SMILES string of the molecule is CC(C)(C)OC(=O)N1CCC(Oc2cc(N3CCC[C@H](O)C3)ccc2C(=O)Nc2ccccc2C(=O)Nc2ccc(Cl)cn2)CC1. The summed E-state index contributed by atoms with van der Waals surface area (Å²) in [7, 11) is 0. The second-order valence-electron chi connectivity index (χ2n) is 12.5. The van der Waals surface area contributed by atoms with Gasteiger partial charge in [0.25, 0.3) is 11.8 Å². The van der Waals surface area contributed by atoms with E-state index < -0.39 is 23.5 Å². The largest absolute Gasteiger partial charge is 0.489 e. The maximum Gasteiger partial charge on any atom is 0.410 e. The molecule has 2 fully saturated rings. The van der Waals surface area contributed by atoms with Gasteiger partial charge in [-0.3, -0.25) is 9.59 Å². The Labute approximate surface area is 273 Å². The Morgan fingerprint density at radius 3 is 2.37 bits per heavy atom. The fourth-order valence-electron chi connectivity index (χ4n) is 5.46. The molecule has 3 heterocycles. The molecule has 1 aromatic heterocycles. The minimum atomic E-state index is -0.582. The molecule has 11 nitrogen and oxygen atoms in total. The molecule has 2 aliphatic rings. The van der Waals surface area contributed by atoms with E-state index in [0.717, 1.165) is 25.1 Å². The van der Waals surface area contributed by atoms with Gasteiger partial charge in [0, 0.05) is 57.0 Å². The van der Waals surface area contributed by atoms with E-state index in [1.165, 1.54) is 6.20 Å². The highest BCUT2D eigenvalue weighted by Gasteiger charge is 2.29. The Bertz CT molecular complexity index is 1550. The standard InChI is InChI=1S/C34H40ClN5O6/c1-34(2,3)46-33(44)39-17-14-25(15-18-39)45-29-19-23(40-16-6-7-24(41)21-40)11-12-27(29)32(43)37-28-9-5-4-8-26(28)31(42)38-30-13-10-22(35)20-36-30/h4-5,8-13,19-20,24-25,41H,6-7,14-18,21H2,1-3H3,(H,37,43)(H,36,38,42)/t24-/m0/s1. The number of amides is 3. The summed E-state index contributed by atoms with van der Waals surface area (Å²) in [5.74, 6) is -0.185. The fraction of sp³-hybridized carbons (Fsp3) is 0.412. The van der Waals surface area contributed by atoms with Crippen LogP contribution in [0, 0.1) is 0 Å². The number of hydrogen-bond acceptors (Lipinski definition) is 8. The van der Waals surface area contributed by atoms with Crippen molar-refractivity contribution in [2.45, 2.75) is 64.3 Å². The number of nitrogens with one attached hydrogen (secondary N) is 2. The first-order valence-electron chi connectivity index (χ1n) is 15.5. The lowest BCUT2D eigenvalue weighted by Gasteiger charge is -2.34. The summed E-state index contributed by atoms with van der Waals surface area (Å²) in [5, 5.41) is 16.3. The number of likely N-dealkylation sites (tertiary alicyclic amines) is 1. The first kappa shape index (κ1) is 33.0. The number of para-hydroxylation sites is 1. The molecular formula is C34H40ClN5O6. The second-order valence-corrected chi connectivity index (χ2v) is 13.0. The van der Waals surface area contributed by atoms with Crippen LogP contribution < -0.4 is 20.3 Å². The van der Waals surface area contributed by atoms with E-state index >= 15 is 0 Å². The van der Waals surface area contributed by atoms with Gasteiger partial charge in [-0.25, -0.2) is 9.78 Å². The lowest BCUT2D eigenvalue weighted by molar-refractivity contribution is 0.0126. The number of benzene rings is 2. The quantitative estimate of drug-likeness (QED) is 0.285. The molecule has 5 rings (SSSR count). The van der Waals surface area contributed by atoms with Gasteiger partial charge in [0.05, 0.1) is 27.9 Å². The Hall–Kier alpha value is -4.35. The van der Waals surface area contributed by atoms with Crippen LogP contribution in [0.2, 0.25) is 5.02 Å². The summed E-state index contributed by atoms with van der Waals surface area (Å²) in [5.41, 5.74) is 1.13. The lowest BCUT2D eigenvalue weighted by atomic mass is 10.1. The molecule has 46 heavy (non-hydrogen) atoms. The van der Waals surface area contributed by atoms with E-state index in [4.69, 9.17) is 21.1 Å². The van der Waals surface area contributed by atoms with Crippen molar-refractivity contribution in [3.8, 4) is 5.75 Å². The van der Waals surface area contributed by atoms with Crippen molar-refractivity contribution < 1.29 is 29.0 Å². The van der Waals surface area contributed by atoms with Crippen molar-refractivity contribution in [3.63, 3.8) is 0 Å². The summed E-state index contributed by atoms with van der Waals surface area (Å²) in [6.45, 7) is 7.70. The highest BCUT2D eigenvalue weighted by molar-refractivity contribution is 6.30. The van der Waals surface area contributed by atoms with E-state index in [9.17, 15) is 19.5 Å². The number of rotatable bonds is 7. The Morgan fingerprint density at radius 2 is 1.67 bits per heavy atom. The third-order valence-corrected chi connectivity index (χ3v) is 7.97. The van der Waals surface area contributed by atoms with Gasteiger partial charge in [0.15, 0.2) is 0 Å². The molecule has 3 N–H and O–H groups in total. The van der Waals surface area contributed by atoms with Crippen molar-refractivity contribution in [2.75, 3.05) is 41.7 Å². The van der Waals surface area contributed by atoms with Crippen molar-refractivity contribution in [2.24, 2.45) is 0 Å². The molecule has 2 saturated heterocycles. The molecule has 3 aromatic rings. The van der Waals surface area contributed by atoms with Gasteiger partial charge in [-0.1, -0.05) is 23.7 Å². The molecule has 1 atom stereocenters. The number of anilines is 3. The minimum Gasteiger partial charge on any atom is -0.489 e. The predicted octanol–water partition coefficient (Wildman–Crippen LogP) is 5.98. The van der Waals surface area contributed by atoms with E-state index in [-0.39, 0.29) is 17.8 Å². The van der Waals surface area contributed by atoms with Crippen LogP contribution in [0.3, 0.4) is 0 Å². The van der Waals surface area contributed by atoms with Crippen LogP contribution >= 0.6 is 11.6 Å². The highest BCUT2D eigenvalue weighted by Crippen LogP contribution is 2.31. The normalized spacial score (nSPS) is 17.3. The number of carbonyl (C=O) groups excluding carboxylic acids is 3. The van der Waals surface area contributed by atoms with Crippen molar-refractivity contribution >= 4 is 46.7 Å². The zero-order chi connectivity index (χ0) is 32.8. The van der Waals surface area contributed by atoms with E-state index in [1.54, 1.807) is 47.4 Å². The number of nitrogens with zero attached hydrogens (tertiary/aromatic N) is 3. The third-order valence-electron chi connectivity index (χ3n) is 7.75. The molecular weight excluding hydrogens is 610 g/mol. The molecule has 0 saturated carbocycles. The number of aliphatic hydroxyl groups is 1. The number of β-amino-alcohol motifs (C(OH)–C–C–N with tert-alkyl or cyclic N) is 1. The minimum absolute atomic E-state index is 0.239. The lowest BCUT2D eigenvalue weighted by Crippen LogP contribution is -2.44. The van der Waals surface area contributed by atoms with Crippen LogP contribution in [0.4, 0.5) is 22.0 Å².